The van der Waals surface area contributed by atoms with Crippen molar-refractivity contribution in [1.82, 2.24) is 4.90 Å². The summed E-state index contributed by atoms with van der Waals surface area (Å²) >= 11 is 12.4. The van der Waals surface area contributed by atoms with Crippen LogP contribution in [0.5, 0.6) is 0 Å². The molecule has 0 aliphatic rings. The highest BCUT2D eigenvalue weighted by molar-refractivity contribution is 9.10. The van der Waals surface area contributed by atoms with Crippen LogP contribution in [0, 0.1) is 0 Å². The number of hydrogen-bond donors (Lipinski definition) is 0. The Bertz CT molecular complexity index is 398. The molecule has 0 radical (unpaired) electrons. The predicted octanol–water partition coefficient (Wildman–Crippen LogP) is 4.86. The van der Waals surface area contributed by atoms with Gasteiger partial charge in [-0.3, -0.25) is 4.90 Å². The highest BCUT2D eigenvalue weighted by atomic mass is 79.9. The smallest absolute Gasteiger partial charge is 0.290 e. The molecule has 0 aliphatic carbocycles. The highest BCUT2D eigenvalue weighted by Crippen LogP contribution is 2.24. The lowest BCUT2D eigenvalue weighted by Gasteiger charge is -2.23. The lowest BCUT2D eigenvalue weighted by molar-refractivity contribution is -0.146. The molecule has 102 valence electrons. The predicted molar refractivity (Wildman–Crippen MR) is 74.3 cm³/mol. The molecule has 1 aromatic carbocycles. The van der Waals surface area contributed by atoms with Gasteiger partial charge < -0.3 is 0 Å². The summed E-state index contributed by atoms with van der Waals surface area (Å²) in [7, 11) is 0. The topological polar surface area (TPSA) is 3.24 Å². The second kappa shape index (κ2) is 7.12. The number of nitrogens with zero attached hydrogens (tertiary/aromatic N) is 1. The van der Waals surface area contributed by atoms with Crippen LogP contribution in [-0.2, 0) is 6.54 Å². The molecule has 0 aliphatic heterocycles. The minimum atomic E-state index is -4.20. The molecule has 1 aromatic rings. The van der Waals surface area contributed by atoms with Crippen molar-refractivity contribution in [2.45, 2.75) is 12.7 Å². The summed E-state index contributed by atoms with van der Waals surface area (Å²) in [6.45, 7) is -0.450. The first-order valence-corrected chi connectivity index (χ1v) is 7.40. The Hall–Kier alpha value is 0.220. The Balaban J connectivity index is 2.76. The molecule has 0 saturated carbocycles. The molecule has 18 heavy (non-hydrogen) atoms. The van der Waals surface area contributed by atoms with E-state index in [1.54, 1.807) is 18.2 Å². The van der Waals surface area contributed by atoms with Crippen LogP contribution in [0.3, 0.4) is 0 Å². The molecule has 0 aromatic heterocycles. The van der Waals surface area contributed by atoms with Crippen LogP contribution >= 0.6 is 43.5 Å². The molecule has 1 nitrogen and oxygen atoms in total. The van der Waals surface area contributed by atoms with Crippen LogP contribution in [-0.4, -0.2) is 29.5 Å². The van der Waals surface area contributed by atoms with Crippen molar-refractivity contribution >= 4 is 43.5 Å². The van der Waals surface area contributed by atoms with Crippen LogP contribution in [0.2, 0.25) is 5.02 Å². The molecule has 0 atom stereocenters. The van der Waals surface area contributed by atoms with Crippen molar-refractivity contribution in [3.63, 3.8) is 0 Å². The second-order valence-corrected chi connectivity index (χ2v) is 5.87. The van der Waals surface area contributed by atoms with Crippen LogP contribution in [0.1, 0.15) is 5.56 Å². The molecule has 0 amide bonds. The number of rotatable bonds is 5. The number of alkyl halides is 4. The standard InChI is InChI=1S/C11H11Br2ClF3N/c12-3-4-18(7-11(15,16)17)6-8-1-2-9(13)5-10(8)14/h1-2,5H,3-4,6-7H2. The fraction of sp³-hybridized carbons (Fsp3) is 0.455. The van der Waals surface area contributed by atoms with Gasteiger partial charge in [-0.2, -0.15) is 13.2 Å². The minimum Gasteiger partial charge on any atom is -0.290 e. The van der Waals surface area contributed by atoms with E-state index in [4.69, 9.17) is 11.6 Å². The van der Waals surface area contributed by atoms with Gasteiger partial charge in [0.2, 0.25) is 0 Å². The molecule has 1 rings (SSSR count). The average molecular weight is 409 g/mol. The third kappa shape index (κ3) is 5.91. The van der Waals surface area contributed by atoms with Crippen molar-refractivity contribution < 1.29 is 13.2 Å². The third-order valence-electron chi connectivity index (χ3n) is 2.21. The normalized spacial score (nSPS) is 12.2. The van der Waals surface area contributed by atoms with E-state index in [0.29, 0.717) is 22.5 Å². The summed E-state index contributed by atoms with van der Waals surface area (Å²) < 4.78 is 38.0. The molecule has 0 bridgehead atoms. The largest absolute Gasteiger partial charge is 0.401 e. The average Bonchev–Trinajstić information content (AvgIpc) is 2.20. The van der Waals surface area contributed by atoms with E-state index in [0.717, 1.165) is 4.47 Å². The Morgan fingerprint density at radius 1 is 1.28 bits per heavy atom. The SMILES string of the molecule is FC(F)(F)CN(CCBr)Cc1ccc(Br)cc1Cl. The molecule has 7 heteroatoms. The first-order valence-electron chi connectivity index (χ1n) is 5.11. The summed E-state index contributed by atoms with van der Waals surface area (Å²) in [5.41, 5.74) is 0.685. The van der Waals surface area contributed by atoms with Gasteiger partial charge in [0.05, 0.1) is 6.54 Å². The fourth-order valence-electron chi connectivity index (χ4n) is 1.48. The van der Waals surface area contributed by atoms with Gasteiger partial charge in [0.15, 0.2) is 0 Å². The zero-order chi connectivity index (χ0) is 13.8. The van der Waals surface area contributed by atoms with Gasteiger partial charge in [-0.25, -0.2) is 0 Å². The maximum absolute atomic E-state index is 12.4. The van der Waals surface area contributed by atoms with E-state index in [9.17, 15) is 13.2 Å². The van der Waals surface area contributed by atoms with Crippen molar-refractivity contribution in [2.75, 3.05) is 18.4 Å². The monoisotopic (exact) mass is 407 g/mol. The van der Waals surface area contributed by atoms with Gasteiger partial charge in [0.1, 0.15) is 0 Å². The summed E-state index contributed by atoms with van der Waals surface area (Å²) in [4.78, 5) is 1.31. The van der Waals surface area contributed by atoms with Crippen molar-refractivity contribution in [2.24, 2.45) is 0 Å². The van der Waals surface area contributed by atoms with E-state index in [-0.39, 0.29) is 6.54 Å². The van der Waals surface area contributed by atoms with E-state index >= 15 is 0 Å². The first kappa shape index (κ1) is 16.3. The quantitative estimate of drug-likeness (QED) is 0.628. The second-order valence-electron chi connectivity index (χ2n) is 3.75. The van der Waals surface area contributed by atoms with E-state index < -0.39 is 12.7 Å². The van der Waals surface area contributed by atoms with Gasteiger partial charge >= 0.3 is 6.18 Å². The number of hydrogen-bond acceptors (Lipinski definition) is 1. The minimum absolute atomic E-state index is 0.178. The van der Waals surface area contributed by atoms with Crippen LogP contribution in [0.15, 0.2) is 22.7 Å². The summed E-state index contributed by atoms with van der Waals surface area (Å²) in [5, 5.41) is 0.947. The Morgan fingerprint density at radius 2 is 1.94 bits per heavy atom. The number of halogens is 6. The maximum atomic E-state index is 12.4. The summed E-state index contributed by atoms with van der Waals surface area (Å²) in [6.07, 6.45) is -4.20. The fourth-order valence-corrected chi connectivity index (χ4v) is 2.71. The van der Waals surface area contributed by atoms with E-state index in [1.165, 1.54) is 4.90 Å². The number of benzene rings is 1. The molecule has 0 spiro atoms. The van der Waals surface area contributed by atoms with Crippen molar-refractivity contribution in [3.05, 3.63) is 33.3 Å². The van der Waals surface area contributed by atoms with Crippen LogP contribution < -0.4 is 0 Å². The Labute approximate surface area is 126 Å². The maximum Gasteiger partial charge on any atom is 0.401 e. The highest BCUT2D eigenvalue weighted by Gasteiger charge is 2.30. The molecule has 0 fully saturated rings. The third-order valence-corrected chi connectivity index (χ3v) is 3.41. The summed E-state index contributed by atoms with van der Waals surface area (Å²) in [5.74, 6) is 0. The van der Waals surface area contributed by atoms with Crippen molar-refractivity contribution in [1.29, 1.82) is 0 Å². The van der Waals surface area contributed by atoms with Gasteiger partial charge in [-0.15, -0.1) is 0 Å². The molecule has 0 saturated heterocycles. The van der Waals surface area contributed by atoms with Crippen molar-refractivity contribution in [3.8, 4) is 0 Å². The zero-order valence-corrected chi connectivity index (χ0v) is 13.2. The molecule has 0 N–H and O–H groups in total. The first-order chi connectivity index (χ1) is 8.31. The Kier molecular flexibility index (Phi) is 6.44. The molecule has 0 unspecified atom stereocenters. The zero-order valence-electron chi connectivity index (χ0n) is 9.28. The molecular formula is C11H11Br2ClF3N. The van der Waals surface area contributed by atoms with Crippen LogP contribution in [0.4, 0.5) is 13.2 Å². The van der Waals surface area contributed by atoms with Gasteiger partial charge in [0.25, 0.3) is 0 Å². The molecule has 0 heterocycles. The molecular weight excluding hydrogens is 398 g/mol. The lowest BCUT2D eigenvalue weighted by atomic mass is 10.2. The lowest BCUT2D eigenvalue weighted by Crippen LogP contribution is -2.35. The van der Waals surface area contributed by atoms with E-state index in [1.807, 2.05) is 0 Å². The summed E-state index contributed by atoms with van der Waals surface area (Å²) in [6, 6.07) is 5.17. The van der Waals surface area contributed by atoms with Gasteiger partial charge in [0, 0.05) is 27.9 Å². The Morgan fingerprint density at radius 3 is 2.44 bits per heavy atom. The van der Waals surface area contributed by atoms with Gasteiger partial charge in [-0.05, 0) is 17.7 Å². The van der Waals surface area contributed by atoms with Gasteiger partial charge in [-0.1, -0.05) is 49.5 Å². The van der Waals surface area contributed by atoms with E-state index in [2.05, 4.69) is 31.9 Å². The van der Waals surface area contributed by atoms with Crippen LogP contribution in [0.25, 0.3) is 0 Å².